The van der Waals surface area contributed by atoms with Gasteiger partial charge in [0.1, 0.15) is 22.8 Å². The van der Waals surface area contributed by atoms with E-state index in [0.717, 1.165) is 17.1 Å². The van der Waals surface area contributed by atoms with Crippen LogP contribution in [0.15, 0.2) is 48.5 Å². The molecule has 1 amide bonds. The predicted molar refractivity (Wildman–Crippen MR) is 99.7 cm³/mol. The first-order chi connectivity index (χ1) is 12.4. The van der Waals surface area contributed by atoms with Crippen molar-refractivity contribution in [2.45, 2.75) is 44.9 Å². The zero-order chi connectivity index (χ0) is 18.7. The third-order valence-corrected chi connectivity index (χ3v) is 4.43. The molecule has 0 aromatic heterocycles. The van der Waals surface area contributed by atoms with Crippen LogP contribution >= 0.6 is 0 Å². The summed E-state index contributed by atoms with van der Waals surface area (Å²) in [5, 5.41) is 3.10. The lowest BCUT2D eigenvalue weighted by molar-refractivity contribution is -0.128. The number of carbonyl (C=O) groups is 1. The van der Waals surface area contributed by atoms with Crippen molar-refractivity contribution < 1.29 is 19.0 Å². The molecule has 1 N–H and O–H groups in total. The van der Waals surface area contributed by atoms with Crippen LogP contribution in [0, 0.1) is 0 Å². The molecule has 5 nitrogen and oxygen atoms in total. The number of rotatable bonds is 5. The van der Waals surface area contributed by atoms with E-state index in [1.165, 1.54) is 0 Å². The molecule has 1 aliphatic heterocycles. The van der Waals surface area contributed by atoms with Crippen molar-refractivity contribution >= 4 is 5.91 Å². The molecule has 0 fully saturated rings. The number of methoxy groups -OCH3 is 1. The van der Waals surface area contributed by atoms with Gasteiger partial charge in [-0.05, 0) is 51.1 Å². The predicted octanol–water partition coefficient (Wildman–Crippen LogP) is 3.88. The van der Waals surface area contributed by atoms with E-state index in [2.05, 4.69) is 5.32 Å². The van der Waals surface area contributed by atoms with E-state index in [4.69, 9.17) is 14.2 Å². The smallest absolute Gasteiger partial charge is 0.261 e. The molecule has 26 heavy (non-hydrogen) atoms. The van der Waals surface area contributed by atoms with Gasteiger partial charge in [-0.15, -0.1) is 0 Å². The van der Waals surface area contributed by atoms with Crippen molar-refractivity contribution in [3.8, 4) is 17.2 Å². The monoisotopic (exact) mass is 355 g/mol. The summed E-state index contributed by atoms with van der Waals surface area (Å²) in [5.41, 5.74) is 0.656. The largest absolute Gasteiger partial charge is 0.497 e. The second-order valence-electron chi connectivity index (χ2n) is 7.10. The Morgan fingerprint density at radius 1 is 1.15 bits per heavy atom. The topological polar surface area (TPSA) is 56.8 Å². The van der Waals surface area contributed by atoms with Gasteiger partial charge in [0.15, 0.2) is 6.10 Å². The molecule has 0 bridgehead atoms. The summed E-state index contributed by atoms with van der Waals surface area (Å²) >= 11 is 0. The molecular formula is C21H25NO4. The van der Waals surface area contributed by atoms with E-state index in [1.54, 1.807) is 38.3 Å². The third-order valence-electron chi connectivity index (χ3n) is 4.43. The number of hydrogen-bond donors (Lipinski definition) is 1. The zero-order valence-corrected chi connectivity index (χ0v) is 15.6. The lowest BCUT2D eigenvalue weighted by Crippen LogP contribution is -2.44. The van der Waals surface area contributed by atoms with Gasteiger partial charge in [0.25, 0.3) is 5.91 Å². The van der Waals surface area contributed by atoms with Crippen molar-refractivity contribution in [3.05, 3.63) is 54.1 Å². The molecule has 0 spiro atoms. The maximum atomic E-state index is 12.7. The molecule has 0 aliphatic carbocycles. The average Bonchev–Trinajstić information content (AvgIpc) is 2.61. The van der Waals surface area contributed by atoms with Gasteiger partial charge in [-0.2, -0.15) is 0 Å². The van der Waals surface area contributed by atoms with Gasteiger partial charge in [-0.25, -0.2) is 0 Å². The quantitative estimate of drug-likeness (QED) is 0.884. The lowest BCUT2D eigenvalue weighted by atomic mass is 9.89. The standard InChI is InChI=1S/C21H25NO4/c1-14(25-16-11-9-15(24-4)10-12-16)20(23)22-18-13-21(2,3)26-19-8-6-5-7-17(18)19/h5-12,14,18H,13H2,1-4H3,(H,22,23). The van der Waals surface area contributed by atoms with E-state index >= 15 is 0 Å². The van der Waals surface area contributed by atoms with Gasteiger partial charge in [0.2, 0.25) is 0 Å². The van der Waals surface area contributed by atoms with Crippen molar-refractivity contribution in [1.82, 2.24) is 5.32 Å². The zero-order valence-electron chi connectivity index (χ0n) is 15.6. The molecule has 5 heteroatoms. The fraction of sp³-hybridized carbons (Fsp3) is 0.381. The van der Waals surface area contributed by atoms with Gasteiger partial charge >= 0.3 is 0 Å². The second-order valence-corrected chi connectivity index (χ2v) is 7.10. The summed E-state index contributed by atoms with van der Waals surface area (Å²) in [6, 6.07) is 14.9. The van der Waals surface area contributed by atoms with E-state index in [0.29, 0.717) is 12.2 Å². The fourth-order valence-electron chi connectivity index (χ4n) is 3.13. The second kappa shape index (κ2) is 7.28. The van der Waals surface area contributed by atoms with Crippen molar-refractivity contribution in [2.75, 3.05) is 7.11 Å². The SMILES string of the molecule is COc1ccc(OC(C)C(=O)NC2CC(C)(C)Oc3ccccc32)cc1. The Hall–Kier alpha value is -2.69. The highest BCUT2D eigenvalue weighted by molar-refractivity contribution is 5.81. The molecule has 3 rings (SSSR count). The van der Waals surface area contributed by atoms with Crippen molar-refractivity contribution in [1.29, 1.82) is 0 Å². The molecule has 2 atom stereocenters. The van der Waals surface area contributed by atoms with Gasteiger partial charge < -0.3 is 19.5 Å². The van der Waals surface area contributed by atoms with Gasteiger partial charge in [0, 0.05) is 12.0 Å². The maximum absolute atomic E-state index is 12.7. The van der Waals surface area contributed by atoms with E-state index in [1.807, 2.05) is 38.1 Å². The van der Waals surface area contributed by atoms with E-state index < -0.39 is 6.10 Å². The summed E-state index contributed by atoms with van der Waals surface area (Å²) in [6.07, 6.45) is 0.0897. The summed E-state index contributed by atoms with van der Waals surface area (Å²) < 4.78 is 16.9. The van der Waals surface area contributed by atoms with Crippen LogP contribution in [-0.2, 0) is 4.79 Å². The number of para-hydroxylation sites is 1. The summed E-state index contributed by atoms with van der Waals surface area (Å²) in [7, 11) is 1.61. The Balaban J connectivity index is 1.68. The minimum absolute atomic E-state index is 0.107. The summed E-state index contributed by atoms with van der Waals surface area (Å²) in [6.45, 7) is 5.80. The molecule has 0 saturated carbocycles. The molecule has 2 aromatic rings. The van der Waals surface area contributed by atoms with Crippen LogP contribution in [0.2, 0.25) is 0 Å². The normalized spacial score (nSPS) is 18.8. The summed E-state index contributed by atoms with van der Waals surface area (Å²) in [4.78, 5) is 12.7. The van der Waals surface area contributed by atoms with Gasteiger partial charge in [-0.1, -0.05) is 18.2 Å². The molecular weight excluding hydrogens is 330 g/mol. The maximum Gasteiger partial charge on any atom is 0.261 e. The Bertz CT molecular complexity index is 770. The molecule has 1 aliphatic rings. The van der Waals surface area contributed by atoms with Gasteiger partial charge in [0.05, 0.1) is 13.2 Å². The van der Waals surface area contributed by atoms with E-state index in [9.17, 15) is 4.79 Å². The number of nitrogens with one attached hydrogen (secondary N) is 1. The first kappa shape index (κ1) is 18.1. The molecule has 2 unspecified atom stereocenters. The van der Waals surface area contributed by atoms with Crippen LogP contribution < -0.4 is 19.5 Å². The Morgan fingerprint density at radius 3 is 2.50 bits per heavy atom. The molecule has 1 heterocycles. The van der Waals surface area contributed by atoms with Crippen molar-refractivity contribution in [3.63, 3.8) is 0 Å². The lowest BCUT2D eigenvalue weighted by Gasteiger charge is -2.38. The molecule has 138 valence electrons. The van der Waals surface area contributed by atoms with Crippen LogP contribution in [0.25, 0.3) is 0 Å². The molecule has 0 radical (unpaired) electrons. The minimum atomic E-state index is -0.610. The minimum Gasteiger partial charge on any atom is -0.497 e. The Kier molecular flexibility index (Phi) is 5.07. The number of fused-ring (bicyclic) bond motifs is 1. The fourth-order valence-corrected chi connectivity index (χ4v) is 3.13. The molecule has 2 aromatic carbocycles. The number of carbonyl (C=O) groups excluding carboxylic acids is 1. The Labute approximate surface area is 154 Å². The van der Waals surface area contributed by atoms with Crippen LogP contribution in [0.1, 0.15) is 38.8 Å². The first-order valence-corrected chi connectivity index (χ1v) is 8.77. The summed E-state index contributed by atoms with van der Waals surface area (Å²) in [5.74, 6) is 2.03. The number of ether oxygens (including phenoxy) is 3. The number of amides is 1. The van der Waals surface area contributed by atoms with E-state index in [-0.39, 0.29) is 17.6 Å². The first-order valence-electron chi connectivity index (χ1n) is 8.77. The number of hydrogen-bond acceptors (Lipinski definition) is 4. The van der Waals surface area contributed by atoms with Crippen LogP contribution in [0.3, 0.4) is 0 Å². The van der Waals surface area contributed by atoms with Gasteiger partial charge in [-0.3, -0.25) is 4.79 Å². The Morgan fingerprint density at radius 2 is 1.81 bits per heavy atom. The highest BCUT2D eigenvalue weighted by Crippen LogP contribution is 2.39. The van der Waals surface area contributed by atoms with Crippen LogP contribution in [0.4, 0.5) is 0 Å². The van der Waals surface area contributed by atoms with Crippen LogP contribution in [0.5, 0.6) is 17.2 Å². The average molecular weight is 355 g/mol. The molecule has 0 saturated heterocycles. The van der Waals surface area contributed by atoms with Crippen LogP contribution in [-0.4, -0.2) is 24.7 Å². The third kappa shape index (κ3) is 4.10. The van der Waals surface area contributed by atoms with Crippen molar-refractivity contribution in [2.24, 2.45) is 0 Å². The highest BCUT2D eigenvalue weighted by atomic mass is 16.5. The number of benzene rings is 2. The highest BCUT2D eigenvalue weighted by Gasteiger charge is 2.35.